The average molecular weight is 538 g/mol. The molecule has 0 amide bonds. The maximum Gasteiger partial charge on any atom is 0.432 e. The molecular formula is C27H27F9O. The number of benzene rings is 2. The normalized spacial score (nSPS) is 24.8. The summed E-state index contributed by atoms with van der Waals surface area (Å²) in [7, 11) is 0. The molecule has 0 heterocycles. The molecule has 37 heavy (non-hydrogen) atoms. The molecular weight excluding hydrogens is 511 g/mol. The van der Waals surface area contributed by atoms with E-state index in [1.807, 2.05) is 13.8 Å². The van der Waals surface area contributed by atoms with E-state index < -0.39 is 75.5 Å². The highest BCUT2D eigenvalue weighted by Crippen LogP contribution is 2.45. The van der Waals surface area contributed by atoms with Crippen molar-refractivity contribution in [3.63, 3.8) is 0 Å². The van der Waals surface area contributed by atoms with Gasteiger partial charge in [-0.05, 0) is 61.0 Å². The van der Waals surface area contributed by atoms with Gasteiger partial charge in [0.2, 0.25) is 11.6 Å². The second-order valence-electron chi connectivity index (χ2n) is 10.5. The van der Waals surface area contributed by atoms with Crippen molar-refractivity contribution >= 4 is 0 Å². The van der Waals surface area contributed by atoms with Crippen molar-refractivity contribution in [2.45, 2.75) is 83.2 Å². The van der Waals surface area contributed by atoms with Crippen LogP contribution < -0.4 is 4.74 Å². The predicted octanol–water partition coefficient (Wildman–Crippen LogP) is 9.38. The van der Waals surface area contributed by atoms with Crippen LogP contribution in [0, 0.1) is 52.6 Å². The van der Waals surface area contributed by atoms with E-state index in [1.165, 1.54) is 0 Å². The molecule has 0 saturated heterocycles. The van der Waals surface area contributed by atoms with Crippen LogP contribution in [0.3, 0.4) is 0 Å². The minimum Gasteiger partial charge on any atom is -0.422 e. The van der Waals surface area contributed by atoms with Crippen LogP contribution in [0.15, 0.2) is 6.07 Å². The van der Waals surface area contributed by atoms with Gasteiger partial charge in [-0.3, -0.25) is 0 Å². The Labute approximate surface area is 209 Å². The van der Waals surface area contributed by atoms with Crippen molar-refractivity contribution in [3.05, 3.63) is 63.5 Å². The summed E-state index contributed by atoms with van der Waals surface area (Å²) >= 11 is 0. The van der Waals surface area contributed by atoms with Crippen LogP contribution >= 0.6 is 0 Å². The highest BCUT2D eigenvalue weighted by atomic mass is 19.3. The van der Waals surface area contributed by atoms with Crippen molar-refractivity contribution in [1.82, 2.24) is 0 Å². The zero-order valence-electron chi connectivity index (χ0n) is 20.4. The third kappa shape index (κ3) is 5.17. The first-order valence-corrected chi connectivity index (χ1v) is 12.4. The lowest BCUT2D eigenvalue weighted by Crippen LogP contribution is -2.29. The fourth-order valence-corrected chi connectivity index (χ4v) is 5.55. The van der Waals surface area contributed by atoms with Gasteiger partial charge in [0.15, 0.2) is 34.9 Å². The van der Waals surface area contributed by atoms with E-state index in [4.69, 9.17) is 0 Å². The molecule has 0 bridgehead atoms. The van der Waals surface area contributed by atoms with Crippen molar-refractivity contribution in [1.29, 1.82) is 0 Å². The van der Waals surface area contributed by atoms with Crippen molar-refractivity contribution in [3.8, 4) is 5.75 Å². The number of alkyl halides is 2. The van der Waals surface area contributed by atoms with Gasteiger partial charge in [-0.2, -0.15) is 13.2 Å². The summed E-state index contributed by atoms with van der Waals surface area (Å²) in [5.74, 6) is -17.3. The Morgan fingerprint density at radius 1 is 0.622 bits per heavy atom. The van der Waals surface area contributed by atoms with E-state index in [1.54, 1.807) is 0 Å². The molecule has 10 heteroatoms. The molecule has 0 N–H and O–H groups in total. The first kappa shape index (κ1) is 27.6. The van der Waals surface area contributed by atoms with E-state index in [-0.39, 0.29) is 24.3 Å². The molecule has 0 unspecified atom stereocenters. The molecule has 0 aliphatic heterocycles. The van der Waals surface area contributed by atoms with Crippen LogP contribution in [0.5, 0.6) is 5.75 Å². The Morgan fingerprint density at radius 2 is 1.08 bits per heavy atom. The monoisotopic (exact) mass is 538 g/mol. The largest absolute Gasteiger partial charge is 0.432 e. The maximum absolute atomic E-state index is 14.8. The number of hydrogen-bond acceptors (Lipinski definition) is 1. The van der Waals surface area contributed by atoms with E-state index in [0.717, 1.165) is 0 Å². The van der Waals surface area contributed by atoms with E-state index >= 15 is 0 Å². The Bertz CT molecular complexity index is 1130. The van der Waals surface area contributed by atoms with Crippen molar-refractivity contribution < 1.29 is 44.3 Å². The summed E-state index contributed by atoms with van der Waals surface area (Å²) in [6, 6.07) is 0.505. The van der Waals surface area contributed by atoms with Gasteiger partial charge in [-0.1, -0.05) is 39.5 Å². The SMILES string of the molecule is CC1CCC(c2cc(F)c(OC(F)(F)c3c(F)c(F)c(C4CCC(C)CC4)c(F)c3F)c(F)c2F)CC1. The lowest BCUT2D eigenvalue weighted by molar-refractivity contribution is -0.193. The van der Waals surface area contributed by atoms with Crippen LogP contribution in [0.2, 0.25) is 0 Å². The van der Waals surface area contributed by atoms with E-state index in [2.05, 4.69) is 4.74 Å². The number of rotatable bonds is 5. The average Bonchev–Trinajstić information content (AvgIpc) is 2.85. The molecule has 2 saturated carbocycles. The van der Waals surface area contributed by atoms with Gasteiger partial charge in [0, 0.05) is 5.56 Å². The molecule has 4 rings (SSSR count). The van der Waals surface area contributed by atoms with E-state index in [0.29, 0.717) is 50.5 Å². The molecule has 0 spiro atoms. The molecule has 0 aromatic heterocycles. The molecule has 2 aliphatic rings. The van der Waals surface area contributed by atoms with Crippen molar-refractivity contribution in [2.75, 3.05) is 0 Å². The molecule has 2 aromatic carbocycles. The van der Waals surface area contributed by atoms with Gasteiger partial charge >= 0.3 is 6.11 Å². The number of halogens is 9. The van der Waals surface area contributed by atoms with Crippen LogP contribution in [-0.4, -0.2) is 0 Å². The summed E-state index contributed by atoms with van der Waals surface area (Å²) in [5.41, 5.74) is -3.84. The highest BCUT2D eigenvalue weighted by Gasteiger charge is 2.47. The van der Waals surface area contributed by atoms with Gasteiger partial charge < -0.3 is 4.74 Å². The van der Waals surface area contributed by atoms with Crippen LogP contribution in [0.4, 0.5) is 39.5 Å². The predicted molar refractivity (Wildman–Crippen MR) is 118 cm³/mol. The minimum absolute atomic E-state index is 0.197. The number of ether oxygens (including phenoxy) is 1. The van der Waals surface area contributed by atoms with E-state index in [9.17, 15) is 39.5 Å². The van der Waals surface area contributed by atoms with Crippen LogP contribution in [-0.2, 0) is 6.11 Å². The Morgan fingerprint density at radius 3 is 1.57 bits per heavy atom. The van der Waals surface area contributed by atoms with Gasteiger partial charge in [0.25, 0.3) is 0 Å². The first-order valence-electron chi connectivity index (χ1n) is 12.4. The molecule has 1 nitrogen and oxygen atoms in total. The third-order valence-electron chi connectivity index (χ3n) is 7.84. The van der Waals surface area contributed by atoms with Gasteiger partial charge in [0.05, 0.1) is 0 Å². The van der Waals surface area contributed by atoms with Gasteiger partial charge in [-0.25, -0.2) is 26.3 Å². The second-order valence-corrected chi connectivity index (χ2v) is 10.5. The number of hydrogen-bond donors (Lipinski definition) is 0. The molecule has 0 radical (unpaired) electrons. The topological polar surface area (TPSA) is 9.23 Å². The van der Waals surface area contributed by atoms with Crippen LogP contribution in [0.25, 0.3) is 0 Å². The Balaban J connectivity index is 1.69. The lowest BCUT2D eigenvalue weighted by atomic mass is 9.78. The zero-order valence-corrected chi connectivity index (χ0v) is 20.4. The Kier molecular flexibility index (Phi) is 7.77. The standard InChI is InChI=1S/C27H27F9O/c1-12-3-7-14(8-4-12)16-11-17(28)26(25(34)20(16)29)37-27(35,36)19-23(32)21(30)18(22(31)24(19)33)15-9-5-13(2)6-10-15/h11-15H,3-10H2,1-2H3. The summed E-state index contributed by atoms with van der Waals surface area (Å²) < 4.78 is 137. The highest BCUT2D eigenvalue weighted by molar-refractivity contribution is 5.38. The fraction of sp³-hybridized carbons (Fsp3) is 0.556. The summed E-state index contributed by atoms with van der Waals surface area (Å²) in [6.45, 7) is 3.87. The first-order chi connectivity index (χ1) is 17.3. The molecule has 2 aromatic rings. The molecule has 2 aliphatic carbocycles. The second kappa shape index (κ2) is 10.4. The lowest BCUT2D eigenvalue weighted by Gasteiger charge is -2.28. The van der Waals surface area contributed by atoms with Gasteiger partial charge in [0.1, 0.15) is 5.56 Å². The summed E-state index contributed by atoms with van der Waals surface area (Å²) in [6.07, 6.45) is -1.63. The quantitative estimate of drug-likeness (QED) is 0.272. The summed E-state index contributed by atoms with van der Waals surface area (Å²) in [5, 5.41) is 0. The molecule has 2 fully saturated rings. The van der Waals surface area contributed by atoms with Crippen molar-refractivity contribution in [2.24, 2.45) is 11.8 Å². The van der Waals surface area contributed by atoms with Gasteiger partial charge in [-0.15, -0.1) is 0 Å². The van der Waals surface area contributed by atoms with Crippen LogP contribution in [0.1, 0.15) is 93.7 Å². The Hall–Kier alpha value is -2.39. The summed E-state index contributed by atoms with van der Waals surface area (Å²) in [4.78, 5) is 0. The third-order valence-corrected chi connectivity index (χ3v) is 7.84. The molecule has 0 atom stereocenters. The fourth-order valence-electron chi connectivity index (χ4n) is 5.55. The minimum atomic E-state index is -5.27. The zero-order chi connectivity index (χ0) is 27.2. The maximum atomic E-state index is 14.8. The molecule has 204 valence electrons. The smallest absolute Gasteiger partial charge is 0.422 e.